The Kier molecular flexibility index (Phi) is 3.61. The number of rotatable bonds is 2. The summed E-state index contributed by atoms with van der Waals surface area (Å²) < 4.78 is 18.3. The van der Waals surface area contributed by atoms with Crippen molar-refractivity contribution in [2.24, 2.45) is 0 Å². The fourth-order valence-electron chi connectivity index (χ4n) is 2.07. The summed E-state index contributed by atoms with van der Waals surface area (Å²) in [7, 11) is 0. The minimum absolute atomic E-state index is 0.00234. The van der Waals surface area contributed by atoms with Crippen LogP contribution in [0, 0.1) is 5.82 Å². The van der Waals surface area contributed by atoms with Crippen molar-refractivity contribution in [1.82, 2.24) is 0 Å². The lowest BCUT2D eigenvalue weighted by Gasteiger charge is -2.21. The van der Waals surface area contributed by atoms with Crippen molar-refractivity contribution in [3.63, 3.8) is 0 Å². The number of halogens is 1. The van der Waals surface area contributed by atoms with Crippen LogP contribution in [0.4, 0.5) is 10.1 Å². The standard InChI is InChI=1S/C13H16FNO2/c14-11-7-6-9(8-12(11)15)13(16)17-10-4-2-1-3-5-10/h6-8,10H,1-5,15H2. The highest BCUT2D eigenvalue weighted by Crippen LogP contribution is 2.22. The van der Waals surface area contributed by atoms with Crippen molar-refractivity contribution in [2.45, 2.75) is 38.2 Å². The second kappa shape index (κ2) is 5.17. The van der Waals surface area contributed by atoms with Gasteiger partial charge in [-0.3, -0.25) is 0 Å². The molecule has 0 unspecified atom stereocenters. The van der Waals surface area contributed by atoms with Gasteiger partial charge in [-0.15, -0.1) is 0 Å². The van der Waals surface area contributed by atoms with Gasteiger partial charge in [-0.05, 0) is 43.9 Å². The second-order valence-corrected chi connectivity index (χ2v) is 4.40. The molecule has 1 aliphatic rings. The zero-order valence-corrected chi connectivity index (χ0v) is 9.62. The summed E-state index contributed by atoms with van der Waals surface area (Å²) in [6.45, 7) is 0. The Morgan fingerprint density at radius 1 is 1.29 bits per heavy atom. The zero-order valence-electron chi connectivity index (χ0n) is 9.62. The molecule has 2 rings (SSSR count). The van der Waals surface area contributed by atoms with Crippen LogP contribution in [0.3, 0.4) is 0 Å². The van der Waals surface area contributed by atoms with Gasteiger partial charge in [-0.25, -0.2) is 9.18 Å². The van der Waals surface area contributed by atoms with E-state index in [4.69, 9.17) is 10.5 Å². The molecular weight excluding hydrogens is 221 g/mol. The van der Waals surface area contributed by atoms with Gasteiger partial charge in [0, 0.05) is 0 Å². The van der Waals surface area contributed by atoms with E-state index >= 15 is 0 Å². The van der Waals surface area contributed by atoms with Gasteiger partial charge in [0.15, 0.2) is 0 Å². The van der Waals surface area contributed by atoms with Crippen molar-refractivity contribution in [3.8, 4) is 0 Å². The Balaban J connectivity index is 2.01. The highest BCUT2D eigenvalue weighted by molar-refractivity contribution is 5.90. The number of anilines is 1. The summed E-state index contributed by atoms with van der Waals surface area (Å²) in [6, 6.07) is 3.91. The number of carbonyl (C=O) groups is 1. The average Bonchev–Trinajstić information content (AvgIpc) is 2.34. The van der Waals surface area contributed by atoms with Crippen LogP contribution in [0.1, 0.15) is 42.5 Å². The molecule has 0 bridgehead atoms. The first-order valence-electron chi connectivity index (χ1n) is 5.93. The van der Waals surface area contributed by atoms with Crippen LogP contribution in [-0.4, -0.2) is 12.1 Å². The van der Waals surface area contributed by atoms with E-state index in [-0.39, 0.29) is 11.8 Å². The van der Waals surface area contributed by atoms with Gasteiger partial charge in [0.1, 0.15) is 11.9 Å². The number of ether oxygens (including phenoxy) is 1. The van der Waals surface area contributed by atoms with E-state index in [2.05, 4.69) is 0 Å². The fraction of sp³-hybridized carbons (Fsp3) is 0.462. The Morgan fingerprint density at radius 3 is 2.65 bits per heavy atom. The van der Waals surface area contributed by atoms with E-state index in [1.807, 2.05) is 0 Å². The lowest BCUT2D eigenvalue weighted by Crippen LogP contribution is -2.21. The maximum Gasteiger partial charge on any atom is 0.338 e. The van der Waals surface area contributed by atoms with Gasteiger partial charge in [-0.2, -0.15) is 0 Å². The van der Waals surface area contributed by atoms with E-state index in [0.29, 0.717) is 5.56 Å². The summed E-state index contributed by atoms with van der Waals surface area (Å²) in [4.78, 5) is 11.8. The van der Waals surface area contributed by atoms with E-state index in [9.17, 15) is 9.18 Å². The van der Waals surface area contributed by atoms with Gasteiger partial charge in [0.2, 0.25) is 0 Å². The van der Waals surface area contributed by atoms with Crippen molar-refractivity contribution >= 4 is 11.7 Å². The normalized spacial score (nSPS) is 16.8. The Hall–Kier alpha value is -1.58. The number of hydrogen-bond acceptors (Lipinski definition) is 3. The molecule has 0 saturated heterocycles. The third-order valence-electron chi connectivity index (χ3n) is 3.06. The van der Waals surface area contributed by atoms with Crippen molar-refractivity contribution in [2.75, 3.05) is 5.73 Å². The number of hydrogen-bond donors (Lipinski definition) is 1. The summed E-state index contributed by atoms with van der Waals surface area (Å²) >= 11 is 0. The van der Waals surface area contributed by atoms with Crippen molar-refractivity contribution < 1.29 is 13.9 Å². The molecule has 4 heteroatoms. The van der Waals surface area contributed by atoms with E-state index in [1.165, 1.54) is 24.6 Å². The molecule has 1 aliphatic carbocycles. The molecule has 2 N–H and O–H groups in total. The summed E-state index contributed by atoms with van der Waals surface area (Å²) in [6.07, 6.45) is 5.25. The largest absolute Gasteiger partial charge is 0.459 e. The molecule has 1 aromatic rings. The van der Waals surface area contributed by atoms with Gasteiger partial charge in [0.05, 0.1) is 11.3 Å². The second-order valence-electron chi connectivity index (χ2n) is 4.40. The van der Waals surface area contributed by atoms with Gasteiger partial charge >= 0.3 is 5.97 Å². The summed E-state index contributed by atoms with van der Waals surface area (Å²) in [5.74, 6) is -0.928. The number of nitrogen functional groups attached to an aromatic ring is 1. The number of benzene rings is 1. The minimum atomic E-state index is -0.515. The number of nitrogens with two attached hydrogens (primary N) is 1. The van der Waals surface area contributed by atoms with Gasteiger partial charge in [0.25, 0.3) is 0 Å². The minimum Gasteiger partial charge on any atom is -0.459 e. The highest BCUT2D eigenvalue weighted by atomic mass is 19.1. The summed E-state index contributed by atoms with van der Waals surface area (Å²) in [5, 5.41) is 0. The molecule has 0 atom stereocenters. The molecule has 1 fully saturated rings. The lowest BCUT2D eigenvalue weighted by molar-refractivity contribution is 0.0211. The average molecular weight is 237 g/mol. The van der Waals surface area contributed by atoms with E-state index in [0.717, 1.165) is 25.7 Å². The SMILES string of the molecule is Nc1cc(C(=O)OC2CCCCC2)ccc1F. The maximum absolute atomic E-state index is 12.9. The third-order valence-corrected chi connectivity index (χ3v) is 3.06. The van der Waals surface area contributed by atoms with E-state index in [1.54, 1.807) is 0 Å². The van der Waals surface area contributed by atoms with Gasteiger partial charge in [-0.1, -0.05) is 6.42 Å². The lowest BCUT2D eigenvalue weighted by atomic mass is 9.98. The zero-order chi connectivity index (χ0) is 12.3. The highest BCUT2D eigenvalue weighted by Gasteiger charge is 2.19. The molecule has 0 amide bonds. The third kappa shape index (κ3) is 2.96. The monoisotopic (exact) mass is 237 g/mol. The first kappa shape index (κ1) is 11.9. The Morgan fingerprint density at radius 2 is 2.00 bits per heavy atom. The van der Waals surface area contributed by atoms with Crippen LogP contribution in [0.5, 0.6) is 0 Å². The van der Waals surface area contributed by atoms with Crippen LogP contribution < -0.4 is 5.73 Å². The molecule has 0 spiro atoms. The fourth-order valence-corrected chi connectivity index (χ4v) is 2.07. The Bertz CT molecular complexity index is 414. The molecule has 3 nitrogen and oxygen atoms in total. The van der Waals surface area contributed by atoms with Crippen molar-refractivity contribution in [1.29, 1.82) is 0 Å². The maximum atomic E-state index is 12.9. The van der Waals surface area contributed by atoms with Crippen LogP contribution in [0.2, 0.25) is 0 Å². The molecule has 92 valence electrons. The molecule has 0 aliphatic heterocycles. The molecule has 1 saturated carbocycles. The molecular formula is C13H16FNO2. The van der Waals surface area contributed by atoms with Crippen LogP contribution in [0.25, 0.3) is 0 Å². The number of esters is 1. The molecule has 1 aromatic carbocycles. The quantitative estimate of drug-likeness (QED) is 0.635. The van der Waals surface area contributed by atoms with Crippen LogP contribution >= 0.6 is 0 Å². The first-order valence-corrected chi connectivity index (χ1v) is 5.93. The first-order chi connectivity index (χ1) is 8.16. The molecule has 17 heavy (non-hydrogen) atoms. The predicted octanol–water partition coefficient (Wildman–Crippen LogP) is 2.90. The smallest absolute Gasteiger partial charge is 0.338 e. The molecule has 0 heterocycles. The van der Waals surface area contributed by atoms with Crippen LogP contribution in [0.15, 0.2) is 18.2 Å². The van der Waals surface area contributed by atoms with E-state index < -0.39 is 11.8 Å². The summed E-state index contributed by atoms with van der Waals surface area (Å²) in [5.41, 5.74) is 5.70. The molecule has 0 radical (unpaired) electrons. The van der Waals surface area contributed by atoms with Crippen LogP contribution in [-0.2, 0) is 4.74 Å². The predicted molar refractivity (Wildman–Crippen MR) is 63.1 cm³/mol. The topological polar surface area (TPSA) is 52.3 Å². The molecule has 0 aromatic heterocycles. The van der Waals surface area contributed by atoms with Gasteiger partial charge < -0.3 is 10.5 Å². The number of carbonyl (C=O) groups excluding carboxylic acids is 1. The van der Waals surface area contributed by atoms with Crippen molar-refractivity contribution in [3.05, 3.63) is 29.6 Å². The Labute approximate surface area is 99.8 Å².